The van der Waals surface area contributed by atoms with Crippen molar-refractivity contribution in [3.63, 3.8) is 0 Å². The van der Waals surface area contributed by atoms with Crippen molar-refractivity contribution in [1.29, 1.82) is 0 Å². The van der Waals surface area contributed by atoms with Gasteiger partial charge in [0.15, 0.2) is 5.82 Å². The van der Waals surface area contributed by atoms with Crippen LogP contribution in [0, 0.1) is 0 Å². The molecule has 0 aliphatic carbocycles. The van der Waals surface area contributed by atoms with Crippen LogP contribution in [0.5, 0.6) is 5.75 Å². The molecule has 1 fully saturated rings. The van der Waals surface area contributed by atoms with E-state index in [0.717, 1.165) is 74.6 Å². The van der Waals surface area contributed by atoms with Crippen LogP contribution >= 0.6 is 0 Å². The van der Waals surface area contributed by atoms with E-state index in [1.54, 1.807) is 14.2 Å². The molecule has 38 heavy (non-hydrogen) atoms. The SMILES string of the molecule is COCCCN1CCn2c(-c3nc4cc(C(=O)N5CCC[C@@H](N)C5)cc(OC)c4n3C)cc3cccc1c32. The van der Waals surface area contributed by atoms with E-state index in [1.807, 2.05) is 24.1 Å². The summed E-state index contributed by atoms with van der Waals surface area (Å²) in [5.74, 6) is 1.49. The largest absolute Gasteiger partial charge is 0.494 e. The lowest BCUT2D eigenvalue weighted by Crippen LogP contribution is -2.45. The van der Waals surface area contributed by atoms with Crippen molar-refractivity contribution in [2.75, 3.05) is 51.9 Å². The summed E-state index contributed by atoms with van der Waals surface area (Å²) in [4.78, 5) is 22.7. The van der Waals surface area contributed by atoms with Crippen molar-refractivity contribution >= 4 is 33.5 Å². The second-order valence-electron chi connectivity index (χ2n) is 10.4. The number of aromatic nitrogens is 3. The van der Waals surface area contributed by atoms with Crippen molar-refractivity contribution in [3.05, 3.63) is 42.0 Å². The highest BCUT2D eigenvalue weighted by Crippen LogP contribution is 2.39. The molecule has 1 saturated heterocycles. The second kappa shape index (κ2) is 9.96. The molecule has 0 saturated carbocycles. The molecule has 9 heteroatoms. The minimum atomic E-state index is -0.0192. The molecule has 6 rings (SSSR count). The molecule has 0 unspecified atom stereocenters. The van der Waals surface area contributed by atoms with E-state index in [-0.39, 0.29) is 11.9 Å². The number of nitrogens with zero attached hydrogens (tertiary/aromatic N) is 5. The van der Waals surface area contributed by atoms with Gasteiger partial charge in [-0.25, -0.2) is 4.98 Å². The fourth-order valence-corrected chi connectivity index (χ4v) is 6.15. The third-order valence-corrected chi connectivity index (χ3v) is 7.98. The molecule has 0 radical (unpaired) electrons. The van der Waals surface area contributed by atoms with Gasteiger partial charge in [0, 0.05) is 70.5 Å². The Morgan fingerprint density at radius 1 is 1.13 bits per heavy atom. The molecule has 9 nitrogen and oxygen atoms in total. The number of piperidine rings is 1. The molecule has 1 amide bonds. The van der Waals surface area contributed by atoms with Crippen LogP contribution in [-0.4, -0.2) is 78.0 Å². The maximum Gasteiger partial charge on any atom is 0.254 e. The zero-order valence-corrected chi connectivity index (χ0v) is 22.4. The summed E-state index contributed by atoms with van der Waals surface area (Å²) < 4.78 is 15.5. The second-order valence-corrected chi connectivity index (χ2v) is 10.4. The van der Waals surface area contributed by atoms with Crippen LogP contribution in [0.1, 0.15) is 29.6 Å². The third-order valence-electron chi connectivity index (χ3n) is 7.98. The molecule has 2 aromatic carbocycles. The number of fused-ring (bicyclic) bond motifs is 1. The monoisotopic (exact) mass is 516 g/mol. The van der Waals surface area contributed by atoms with Crippen LogP contribution in [-0.2, 0) is 18.3 Å². The van der Waals surface area contributed by atoms with Crippen molar-refractivity contribution in [2.45, 2.75) is 31.8 Å². The quantitative estimate of drug-likeness (QED) is 0.378. The zero-order valence-electron chi connectivity index (χ0n) is 22.4. The molecular formula is C29H36N6O3. The lowest BCUT2D eigenvalue weighted by molar-refractivity contribution is 0.0708. The highest BCUT2D eigenvalue weighted by molar-refractivity contribution is 6.01. The molecule has 1 atom stereocenters. The van der Waals surface area contributed by atoms with Crippen molar-refractivity contribution in [1.82, 2.24) is 19.0 Å². The number of hydrogen-bond donors (Lipinski definition) is 1. The van der Waals surface area contributed by atoms with E-state index in [4.69, 9.17) is 20.2 Å². The molecular weight excluding hydrogens is 480 g/mol. The number of hydrogen-bond acceptors (Lipinski definition) is 6. The van der Waals surface area contributed by atoms with Gasteiger partial charge in [0.1, 0.15) is 11.3 Å². The number of carbonyl (C=O) groups excluding carboxylic acids is 1. The summed E-state index contributed by atoms with van der Waals surface area (Å²) in [7, 11) is 5.42. The molecule has 2 aromatic heterocycles. The molecule has 2 aliphatic rings. The standard InChI is InChI=1S/C29H36N6O3/c1-32-27-22(15-20(17-25(27)38-3)29(36)34-10-5-8-21(30)18-34)31-28(32)24-16-19-7-4-9-23-26(19)35(24)13-12-33(23)11-6-14-37-2/h4,7,9,15-17,21H,5-6,8,10-14,18,30H2,1-3H3/t21-/m1/s1. The Hall–Kier alpha value is -3.56. The first-order chi connectivity index (χ1) is 18.5. The predicted molar refractivity (Wildman–Crippen MR) is 150 cm³/mol. The number of ether oxygens (including phenoxy) is 2. The molecule has 2 aliphatic heterocycles. The number of methoxy groups -OCH3 is 2. The Morgan fingerprint density at radius 3 is 2.79 bits per heavy atom. The van der Waals surface area contributed by atoms with Gasteiger partial charge in [-0.1, -0.05) is 12.1 Å². The van der Waals surface area contributed by atoms with E-state index in [9.17, 15) is 4.79 Å². The van der Waals surface area contributed by atoms with E-state index >= 15 is 0 Å². The lowest BCUT2D eigenvalue weighted by Gasteiger charge is -2.31. The smallest absolute Gasteiger partial charge is 0.254 e. The zero-order chi connectivity index (χ0) is 26.4. The molecule has 200 valence electrons. The summed E-state index contributed by atoms with van der Waals surface area (Å²) in [6.07, 6.45) is 2.88. The number of benzene rings is 2. The van der Waals surface area contributed by atoms with E-state index < -0.39 is 0 Å². The Kier molecular flexibility index (Phi) is 6.49. The van der Waals surface area contributed by atoms with Gasteiger partial charge in [0.2, 0.25) is 0 Å². The number of anilines is 1. The van der Waals surface area contributed by atoms with E-state index in [0.29, 0.717) is 17.9 Å². The van der Waals surface area contributed by atoms with E-state index in [2.05, 4.69) is 38.3 Å². The fraction of sp³-hybridized carbons (Fsp3) is 0.448. The minimum absolute atomic E-state index is 0.0192. The van der Waals surface area contributed by atoms with Crippen LogP contribution in [0.3, 0.4) is 0 Å². The van der Waals surface area contributed by atoms with Crippen LogP contribution in [0.4, 0.5) is 5.69 Å². The molecule has 0 spiro atoms. The summed E-state index contributed by atoms with van der Waals surface area (Å²) in [6.45, 7) is 4.84. The minimum Gasteiger partial charge on any atom is -0.494 e. The van der Waals surface area contributed by atoms with Gasteiger partial charge in [-0.2, -0.15) is 0 Å². The van der Waals surface area contributed by atoms with Gasteiger partial charge in [-0.05, 0) is 43.5 Å². The Labute approximate surface area is 222 Å². The average Bonchev–Trinajstić information content (AvgIpc) is 3.47. The predicted octanol–water partition coefficient (Wildman–Crippen LogP) is 3.62. The number of imidazole rings is 1. The number of rotatable bonds is 7. The summed E-state index contributed by atoms with van der Waals surface area (Å²) in [6, 6.07) is 12.5. The number of nitrogens with two attached hydrogens (primary N) is 1. The highest BCUT2D eigenvalue weighted by Gasteiger charge is 2.27. The fourth-order valence-electron chi connectivity index (χ4n) is 6.15. The molecule has 4 aromatic rings. The summed E-state index contributed by atoms with van der Waals surface area (Å²) >= 11 is 0. The number of carbonyl (C=O) groups is 1. The Bertz CT molecular complexity index is 1510. The maximum atomic E-state index is 13.4. The van der Waals surface area contributed by atoms with Gasteiger partial charge < -0.3 is 34.1 Å². The normalized spacial score (nSPS) is 17.5. The first kappa shape index (κ1) is 24.8. The van der Waals surface area contributed by atoms with Crippen molar-refractivity contribution in [2.24, 2.45) is 12.8 Å². The van der Waals surface area contributed by atoms with Crippen molar-refractivity contribution < 1.29 is 14.3 Å². The summed E-state index contributed by atoms with van der Waals surface area (Å²) in [5.41, 5.74) is 11.9. The summed E-state index contributed by atoms with van der Waals surface area (Å²) in [5, 5.41) is 1.20. The highest BCUT2D eigenvalue weighted by atomic mass is 16.5. The van der Waals surface area contributed by atoms with Gasteiger partial charge >= 0.3 is 0 Å². The van der Waals surface area contributed by atoms with Crippen LogP contribution in [0.2, 0.25) is 0 Å². The van der Waals surface area contributed by atoms with Crippen molar-refractivity contribution in [3.8, 4) is 17.3 Å². The van der Waals surface area contributed by atoms with Crippen LogP contribution in [0.25, 0.3) is 33.5 Å². The molecule has 2 N–H and O–H groups in total. The van der Waals surface area contributed by atoms with Crippen LogP contribution in [0.15, 0.2) is 36.4 Å². The Balaban J connectivity index is 1.42. The lowest BCUT2D eigenvalue weighted by atomic mass is 10.0. The van der Waals surface area contributed by atoms with Crippen LogP contribution < -0.4 is 15.4 Å². The maximum absolute atomic E-state index is 13.4. The topological polar surface area (TPSA) is 90.8 Å². The Morgan fingerprint density at radius 2 is 2.00 bits per heavy atom. The number of amides is 1. The average molecular weight is 517 g/mol. The first-order valence-corrected chi connectivity index (χ1v) is 13.5. The van der Waals surface area contributed by atoms with E-state index in [1.165, 1.54) is 16.6 Å². The molecule has 4 heterocycles. The third kappa shape index (κ3) is 4.10. The number of para-hydroxylation sites is 1. The first-order valence-electron chi connectivity index (χ1n) is 13.5. The van der Waals surface area contributed by atoms with Gasteiger partial charge in [0.05, 0.1) is 29.5 Å². The van der Waals surface area contributed by atoms with Gasteiger partial charge in [0.25, 0.3) is 5.91 Å². The molecule has 0 bridgehead atoms. The number of likely N-dealkylation sites (tertiary alicyclic amines) is 1. The van der Waals surface area contributed by atoms with Gasteiger partial charge in [-0.15, -0.1) is 0 Å². The van der Waals surface area contributed by atoms with Gasteiger partial charge in [-0.3, -0.25) is 4.79 Å². The number of aryl methyl sites for hydroxylation is 1.